The van der Waals surface area contributed by atoms with Crippen LogP contribution in [0.1, 0.15) is 36.5 Å². The number of allylic oxidation sites excluding steroid dienone is 1. The Balaban J connectivity index is 1.79. The van der Waals surface area contributed by atoms with Crippen LogP contribution in [0.25, 0.3) is 6.08 Å². The highest BCUT2D eigenvalue weighted by molar-refractivity contribution is 7.99. The first-order valence-electron chi connectivity index (χ1n) is 8.60. The molecule has 0 heterocycles. The Morgan fingerprint density at radius 3 is 2.42 bits per heavy atom. The number of thioether (sulfide) groups is 1. The maximum atomic E-state index is 12.5. The van der Waals surface area contributed by atoms with Crippen LogP contribution in [0.3, 0.4) is 0 Å². The smallest absolute Gasteiger partial charge is 0.416 e. The van der Waals surface area contributed by atoms with E-state index in [2.05, 4.69) is 19.1 Å². The second-order valence-corrected chi connectivity index (χ2v) is 7.10. The molecular formula is C21H23F3OS. The van der Waals surface area contributed by atoms with Gasteiger partial charge in [-0.3, -0.25) is 0 Å². The molecule has 2 aromatic rings. The van der Waals surface area contributed by atoms with E-state index in [9.17, 15) is 13.2 Å². The van der Waals surface area contributed by atoms with Gasteiger partial charge in [-0.2, -0.15) is 13.2 Å². The molecule has 0 aliphatic heterocycles. The van der Waals surface area contributed by atoms with Crippen molar-refractivity contribution in [3.8, 4) is 5.75 Å². The van der Waals surface area contributed by atoms with E-state index in [1.807, 2.05) is 25.1 Å². The van der Waals surface area contributed by atoms with Gasteiger partial charge in [-0.1, -0.05) is 31.2 Å². The van der Waals surface area contributed by atoms with Gasteiger partial charge in [0.25, 0.3) is 0 Å². The SMILES string of the molecule is CCCOc1ccc(SCC/C=C/c2ccc(C(F)(F)F)cc2)cc1C. The third kappa shape index (κ3) is 6.45. The van der Waals surface area contributed by atoms with Crippen LogP contribution in [0.2, 0.25) is 0 Å². The normalized spacial score (nSPS) is 11.9. The zero-order valence-electron chi connectivity index (χ0n) is 15.0. The minimum Gasteiger partial charge on any atom is -0.493 e. The van der Waals surface area contributed by atoms with E-state index in [-0.39, 0.29) is 0 Å². The van der Waals surface area contributed by atoms with Crippen LogP contribution in [-0.2, 0) is 6.18 Å². The fourth-order valence-electron chi connectivity index (χ4n) is 2.33. The number of hydrogen-bond donors (Lipinski definition) is 0. The minimum absolute atomic E-state index is 0.619. The highest BCUT2D eigenvalue weighted by Gasteiger charge is 2.29. The van der Waals surface area contributed by atoms with Gasteiger partial charge in [-0.25, -0.2) is 0 Å². The van der Waals surface area contributed by atoms with Crippen LogP contribution >= 0.6 is 11.8 Å². The molecule has 0 amide bonds. The van der Waals surface area contributed by atoms with E-state index in [0.29, 0.717) is 0 Å². The maximum absolute atomic E-state index is 12.5. The molecule has 2 rings (SSSR count). The summed E-state index contributed by atoms with van der Waals surface area (Å²) in [5.74, 6) is 1.84. The Bertz CT molecular complexity index is 721. The lowest BCUT2D eigenvalue weighted by atomic mass is 10.1. The van der Waals surface area contributed by atoms with Gasteiger partial charge in [0.05, 0.1) is 12.2 Å². The molecular weight excluding hydrogens is 357 g/mol. The Morgan fingerprint density at radius 2 is 1.81 bits per heavy atom. The molecule has 26 heavy (non-hydrogen) atoms. The molecule has 5 heteroatoms. The average Bonchev–Trinajstić information content (AvgIpc) is 2.60. The van der Waals surface area contributed by atoms with Gasteiger partial charge in [0.1, 0.15) is 5.75 Å². The summed E-state index contributed by atoms with van der Waals surface area (Å²) in [5.41, 5.74) is 1.28. The second-order valence-electron chi connectivity index (χ2n) is 5.94. The predicted octanol–water partition coefficient (Wildman–Crippen LogP) is 7.00. The van der Waals surface area contributed by atoms with E-state index in [0.717, 1.165) is 54.2 Å². The second kappa shape index (κ2) is 9.72. The molecule has 2 aromatic carbocycles. The van der Waals surface area contributed by atoms with Crippen molar-refractivity contribution >= 4 is 17.8 Å². The molecule has 0 fully saturated rings. The molecule has 0 saturated heterocycles. The van der Waals surface area contributed by atoms with Crippen LogP contribution in [0.15, 0.2) is 53.4 Å². The van der Waals surface area contributed by atoms with Crippen molar-refractivity contribution < 1.29 is 17.9 Å². The standard InChI is InChI=1S/C21H23F3OS/c1-3-13-25-20-12-11-19(15-16(20)2)26-14-5-4-6-17-7-9-18(10-8-17)21(22,23)24/h4,6-12,15H,3,5,13-14H2,1-2H3/b6-4+. The topological polar surface area (TPSA) is 9.23 Å². The first-order chi connectivity index (χ1) is 12.4. The number of benzene rings is 2. The minimum atomic E-state index is -4.28. The number of alkyl halides is 3. The summed E-state index contributed by atoms with van der Waals surface area (Å²) in [6, 6.07) is 11.4. The molecule has 0 spiro atoms. The molecule has 0 aliphatic carbocycles. The zero-order valence-corrected chi connectivity index (χ0v) is 15.8. The van der Waals surface area contributed by atoms with Crippen LogP contribution in [0, 0.1) is 6.92 Å². The molecule has 1 nitrogen and oxygen atoms in total. The van der Waals surface area contributed by atoms with E-state index in [4.69, 9.17) is 4.74 Å². The molecule has 0 radical (unpaired) electrons. The maximum Gasteiger partial charge on any atom is 0.416 e. The molecule has 0 N–H and O–H groups in total. The first-order valence-corrected chi connectivity index (χ1v) is 9.58. The Kier molecular flexibility index (Phi) is 7.64. The van der Waals surface area contributed by atoms with E-state index in [1.165, 1.54) is 17.0 Å². The van der Waals surface area contributed by atoms with E-state index >= 15 is 0 Å². The molecule has 0 atom stereocenters. The number of rotatable bonds is 8. The molecule has 0 saturated carbocycles. The fraction of sp³-hybridized carbons (Fsp3) is 0.333. The van der Waals surface area contributed by atoms with E-state index < -0.39 is 11.7 Å². The average molecular weight is 380 g/mol. The monoisotopic (exact) mass is 380 g/mol. The Hall–Kier alpha value is -1.88. The largest absolute Gasteiger partial charge is 0.493 e. The Labute approximate surface area is 157 Å². The molecule has 0 aliphatic rings. The van der Waals surface area contributed by atoms with Gasteiger partial charge in [-0.05, 0) is 61.2 Å². The van der Waals surface area contributed by atoms with Gasteiger partial charge in [-0.15, -0.1) is 11.8 Å². The fourth-order valence-corrected chi connectivity index (χ4v) is 3.25. The lowest BCUT2D eigenvalue weighted by Gasteiger charge is -2.09. The first kappa shape index (κ1) is 20.4. The quantitative estimate of drug-likeness (QED) is 0.360. The highest BCUT2D eigenvalue weighted by Crippen LogP contribution is 2.29. The molecule has 0 bridgehead atoms. The summed E-state index contributed by atoms with van der Waals surface area (Å²) >= 11 is 1.75. The third-order valence-corrected chi connectivity index (χ3v) is 4.74. The van der Waals surface area contributed by atoms with E-state index in [1.54, 1.807) is 11.8 Å². The van der Waals surface area contributed by atoms with Gasteiger partial charge in [0, 0.05) is 10.6 Å². The molecule has 0 unspecified atom stereocenters. The van der Waals surface area contributed by atoms with Crippen molar-refractivity contribution in [3.63, 3.8) is 0 Å². The number of halogens is 3. The van der Waals surface area contributed by atoms with Gasteiger partial charge >= 0.3 is 6.18 Å². The van der Waals surface area contributed by atoms with Crippen LogP contribution in [0.5, 0.6) is 5.75 Å². The molecule has 0 aromatic heterocycles. The van der Waals surface area contributed by atoms with Crippen LogP contribution in [-0.4, -0.2) is 12.4 Å². The van der Waals surface area contributed by atoms with Gasteiger partial charge < -0.3 is 4.74 Å². The zero-order chi connectivity index (χ0) is 19.0. The van der Waals surface area contributed by atoms with Crippen molar-refractivity contribution in [1.29, 1.82) is 0 Å². The highest BCUT2D eigenvalue weighted by atomic mass is 32.2. The molecule has 140 valence electrons. The number of hydrogen-bond acceptors (Lipinski definition) is 2. The summed E-state index contributed by atoms with van der Waals surface area (Å²) in [4.78, 5) is 1.19. The lowest BCUT2D eigenvalue weighted by Crippen LogP contribution is -2.03. The van der Waals surface area contributed by atoms with Crippen molar-refractivity contribution in [3.05, 3.63) is 65.2 Å². The number of ether oxygens (including phenoxy) is 1. The summed E-state index contributed by atoms with van der Waals surface area (Å²) in [5, 5.41) is 0. The summed E-state index contributed by atoms with van der Waals surface area (Å²) in [7, 11) is 0. The van der Waals surface area contributed by atoms with Crippen molar-refractivity contribution in [2.24, 2.45) is 0 Å². The number of aryl methyl sites for hydroxylation is 1. The van der Waals surface area contributed by atoms with Crippen LogP contribution < -0.4 is 4.74 Å². The van der Waals surface area contributed by atoms with Crippen molar-refractivity contribution in [1.82, 2.24) is 0 Å². The Morgan fingerprint density at radius 1 is 1.08 bits per heavy atom. The van der Waals surface area contributed by atoms with Gasteiger partial charge in [0.15, 0.2) is 0 Å². The predicted molar refractivity (Wildman–Crippen MR) is 103 cm³/mol. The summed E-state index contributed by atoms with van der Waals surface area (Å²) in [6.07, 6.45) is 1.39. The summed E-state index contributed by atoms with van der Waals surface area (Å²) < 4.78 is 43.2. The third-order valence-electron chi connectivity index (χ3n) is 3.71. The van der Waals surface area contributed by atoms with Crippen molar-refractivity contribution in [2.75, 3.05) is 12.4 Å². The van der Waals surface area contributed by atoms with Crippen molar-refractivity contribution in [2.45, 2.75) is 37.8 Å². The lowest BCUT2D eigenvalue weighted by molar-refractivity contribution is -0.137. The van der Waals surface area contributed by atoms with Gasteiger partial charge in [0.2, 0.25) is 0 Å². The summed E-state index contributed by atoms with van der Waals surface area (Å²) in [6.45, 7) is 4.85. The van der Waals surface area contributed by atoms with Crippen LogP contribution in [0.4, 0.5) is 13.2 Å².